The van der Waals surface area contributed by atoms with Gasteiger partial charge in [0, 0.05) is 12.1 Å². The first-order valence-corrected chi connectivity index (χ1v) is 13.1. The summed E-state index contributed by atoms with van der Waals surface area (Å²) in [6.45, 7) is 7.30. The van der Waals surface area contributed by atoms with Crippen molar-refractivity contribution in [3.05, 3.63) is 58.7 Å². The number of hydrogen-bond donors (Lipinski definition) is 2. The number of rotatable bonds is 6. The van der Waals surface area contributed by atoms with Crippen LogP contribution in [0, 0.1) is 27.7 Å². The molecule has 0 bridgehead atoms. The van der Waals surface area contributed by atoms with E-state index in [1.165, 1.54) is 0 Å². The molecule has 164 valence electrons. The fourth-order valence-corrected chi connectivity index (χ4v) is 7.16. The number of benzene rings is 2. The molecule has 0 atom stereocenters. The lowest BCUT2D eigenvalue weighted by atomic mass is 9.92. The van der Waals surface area contributed by atoms with E-state index < -0.39 is 20.0 Å². The lowest BCUT2D eigenvalue weighted by Gasteiger charge is -2.29. The second kappa shape index (κ2) is 8.78. The summed E-state index contributed by atoms with van der Waals surface area (Å²) in [6.07, 6.45) is 2.35. The predicted octanol–water partition coefficient (Wildman–Crippen LogP) is 3.49. The fraction of sp³-hybridized carbons (Fsp3) is 0.455. The van der Waals surface area contributed by atoms with Gasteiger partial charge in [0.2, 0.25) is 20.0 Å². The molecule has 0 unspecified atom stereocenters. The van der Waals surface area contributed by atoms with Crippen molar-refractivity contribution in [2.45, 2.75) is 75.3 Å². The standard InChI is InChI=1S/C22H30N2O4S2/c1-15-5-7-17(3)21(13-15)29(25,26)23-19-9-11-20(12-10-19)24-30(27,28)22-14-16(2)6-8-18(22)4/h5-8,13-14,19-20,23-24H,9-12H2,1-4H3. The Hall–Kier alpha value is -1.74. The fourth-order valence-electron chi connectivity index (χ4n) is 3.89. The Morgan fingerprint density at radius 2 is 0.967 bits per heavy atom. The molecule has 2 aromatic carbocycles. The van der Waals surface area contributed by atoms with Gasteiger partial charge < -0.3 is 0 Å². The molecule has 2 aromatic rings. The Morgan fingerprint density at radius 1 is 0.633 bits per heavy atom. The van der Waals surface area contributed by atoms with Gasteiger partial charge in [-0.05, 0) is 87.8 Å². The number of sulfonamides is 2. The number of hydrogen-bond acceptors (Lipinski definition) is 4. The van der Waals surface area contributed by atoms with Crippen LogP contribution in [0.1, 0.15) is 47.9 Å². The maximum atomic E-state index is 12.8. The van der Waals surface area contributed by atoms with Crippen LogP contribution in [0.3, 0.4) is 0 Å². The lowest BCUT2D eigenvalue weighted by molar-refractivity contribution is 0.356. The van der Waals surface area contributed by atoms with Crippen molar-refractivity contribution < 1.29 is 16.8 Å². The van der Waals surface area contributed by atoms with Crippen LogP contribution in [0.25, 0.3) is 0 Å². The molecule has 2 N–H and O–H groups in total. The molecular weight excluding hydrogens is 420 g/mol. The van der Waals surface area contributed by atoms with Crippen molar-refractivity contribution in [2.75, 3.05) is 0 Å². The van der Waals surface area contributed by atoms with Gasteiger partial charge in [0.1, 0.15) is 0 Å². The molecule has 6 nitrogen and oxygen atoms in total. The highest BCUT2D eigenvalue weighted by atomic mass is 32.2. The zero-order valence-electron chi connectivity index (χ0n) is 17.9. The van der Waals surface area contributed by atoms with Crippen molar-refractivity contribution >= 4 is 20.0 Å². The van der Waals surface area contributed by atoms with Crippen molar-refractivity contribution in [3.8, 4) is 0 Å². The zero-order valence-corrected chi connectivity index (χ0v) is 19.5. The maximum absolute atomic E-state index is 12.8. The Labute approximate surface area is 180 Å². The van der Waals surface area contributed by atoms with Crippen molar-refractivity contribution in [1.29, 1.82) is 0 Å². The molecule has 0 aliphatic heterocycles. The van der Waals surface area contributed by atoms with Crippen molar-refractivity contribution in [2.24, 2.45) is 0 Å². The van der Waals surface area contributed by atoms with Gasteiger partial charge in [0.05, 0.1) is 9.79 Å². The average molecular weight is 451 g/mol. The minimum atomic E-state index is -3.61. The summed E-state index contributed by atoms with van der Waals surface area (Å²) in [7, 11) is -7.22. The number of nitrogens with one attached hydrogen (secondary N) is 2. The molecule has 0 radical (unpaired) electrons. The third-order valence-corrected chi connectivity index (χ3v) is 8.96. The van der Waals surface area contributed by atoms with Crippen LogP contribution >= 0.6 is 0 Å². The topological polar surface area (TPSA) is 92.3 Å². The third kappa shape index (κ3) is 5.29. The molecule has 1 saturated carbocycles. The summed E-state index contributed by atoms with van der Waals surface area (Å²) >= 11 is 0. The highest BCUT2D eigenvalue weighted by molar-refractivity contribution is 7.89. The van der Waals surface area contributed by atoms with Crippen molar-refractivity contribution in [1.82, 2.24) is 9.44 Å². The summed E-state index contributed by atoms with van der Waals surface area (Å²) in [6, 6.07) is 10.4. The Kier molecular flexibility index (Phi) is 6.72. The van der Waals surface area contributed by atoms with Gasteiger partial charge >= 0.3 is 0 Å². The van der Waals surface area contributed by atoms with Gasteiger partial charge in [0.15, 0.2) is 0 Å². The van der Waals surface area contributed by atoms with Crippen LogP contribution in [0.15, 0.2) is 46.2 Å². The Morgan fingerprint density at radius 3 is 1.30 bits per heavy atom. The van der Waals surface area contributed by atoms with E-state index in [1.807, 2.05) is 38.1 Å². The van der Waals surface area contributed by atoms with E-state index >= 15 is 0 Å². The zero-order chi connectivity index (χ0) is 22.1. The van der Waals surface area contributed by atoms with E-state index in [9.17, 15) is 16.8 Å². The lowest BCUT2D eigenvalue weighted by Crippen LogP contribution is -2.43. The van der Waals surface area contributed by atoms with E-state index in [-0.39, 0.29) is 12.1 Å². The molecule has 0 heterocycles. The van der Waals surface area contributed by atoms with Gasteiger partial charge in [0.25, 0.3) is 0 Å². The molecule has 0 saturated heterocycles. The third-order valence-electron chi connectivity index (χ3n) is 5.64. The molecule has 30 heavy (non-hydrogen) atoms. The molecule has 8 heteroatoms. The van der Waals surface area contributed by atoms with Crippen LogP contribution in [0.4, 0.5) is 0 Å². The summed E-state index contributed by atoms with van der Waals surface area (Å²) in [5.41, 5.74) is 3.21. The number of aryl methyl sites for hydroxylation is 4. The molecule has 0 spiro atoms. The van der Waals surface area contributed by atoms with Crippen LogP contribution in [-0.2, 0) is 20.0 Å². The van der Waals surface area contributed by atoms with E-state index in [2.05, 4.69) is 9.44 Å². The largest absolute Gasteiger partial charge is 0.241 e. The monoisotopic (exact) mass is 450 g/mol. The van der Waals surface area contributed by atoms with Crippen molar-refractivity contribution in [3.63, 3.8) is 0 Å². The van der Waals surface area contributed by atoms with E-state index in [0.29, 0.717) is 46.6 Å². The first kappa shape index (κ1) is 22.9. The second-order valence-electron chi connectivity index (χ2n) is 8.33. The van der Waals surface area contributed by atoms with Gasteiger partial charge in [-0.25, -0.2) is 26.3 Å². The molecule has 1 aliphatic carbocycles. The molecule has 1 fully saturated rings. The highest BCUT2D eigenvalue weighted by Gasteiger charge is 2.29. The molecule has 1 aliphatic rings. The quantitative estimate of drug-likeness (QED) is 0.705. The van der Waals surface area contributed by atoms with Crippen LogP contribution in [0.2, 0.25) is 0 Å². The summed E-state index contributed by atoms with van der Waals surface area (Å²) in [5.74, 6) is 0. The van der Waals surface area contributed by atoms with Gasteiger partial charge in [-0.2, -0.15) is 0 Å². The Bertz CT molecular complexity index is 1040. The first-order chi connectivity index (χ1) is 14.0. The van der Waals surface area contributed by atoms with E-state index in [4.69, 9.17) is 0 Å². The highest BCUT2D eigenvalue weighted by Crippen LogP contribution is 2.25. The predicted molar refractivity (Wildman–Crippen MR) is 119 cm³/mol. The molecule has 0 aromatic heterocycles. The van der Waals surface area contributed by atoms with Crippen LogP contribution < -0.4 is 9.44 Å². The van der Waals surface area contributed by atoms with E-state index in [1.54, 1.807) is 26.0 Å². The van der Waals surface area contributed by atoms with Crippen LogP contribution in [0.5, 0.6) is 0 Å². The maximum Gasteiger partial charge on any atom is 0.241 e. The molecule has 3 rings (SSSR count). The Balaban J connectivity index is 1.63. The SMILES string of the molecule is Cc1ccc(C)c(S(=O)(=O)NC2CCC(NS(=O)(=O)c3cc(C)ccc3C)CC2)c1. The minimum absolute atomic E-state index is 0.198. The average Bonchev–Trinajstić information content (AvgIpc) is 2.66. The minimum Gasteiger partial charge on any atom is -0.208 e. The molecular formula is C22H30N2O4S2. The van der Waals surface area contributed by atoms with Gasteiger partial charge in [-0.3, -0.25) is 0 Å². The summed E-state index contributed by atoms with van der Waals surface area (Å²) < 4.78 is 56.9. The molecule has 0 amide bonds. The van der Waals surface area contributed by atoms with Gasteiger partial charge in [-0.1, -0.05) is 24.3 Å². The smallest absolute Gasteiger partial charge is 0.208 e. The summed E-state index contributed by atoms with van der Waals surface area (Å²) in [5, 5.41) is 0. The van der Waals surface area contributed by atoms with E-state index in [0.717, 1.165) is 11.1 Å². The van der Waals surface area contributed by atoms with Gasteiger partial charge in [-0.15, -0.1) is 0 Å². The van der Waals surface area contributed by atoms with Crippen LogP contribution in [-0.4, -0.2) is 28.9 Å². The summed E-state index contributed by atoms with van der Waals surface area (Å²) in [4.78, 5) is 0.612. The first-order valence-electron chi connectivity index (χ1n) is 10.2. The normalized spacial score (nSPS) is 20.3. The second-order valence-corrected chi connectivity index (χ2v) is 11.7.